The molecular weight excluding hydrogens is 335 g/mol. The van der Waals surface area contributed by atoms with Crippen molar-refractivity contribution in [1.29, 1.82) is 0 Å². The van der Waals surface area contributed by atoms with E-state index in [2.05, 4.69) is 0 Å². The standard InChI is InChI=1S/C16H11O7P/c17-13-9-5-1-3-7-11(9)15(20-13)22-24(19)23-16-12-8-4-2-6-10(12)14(18)21-16/h1-8,15-16,24H. The molecule has 2 aliphatic rings. The average molecular weight is 346 g/mol. The van der Waals surface area contributed by atoms with E-state index in [4.69, 9.17) is 18.5 Å². The van der Waals surface area contributed by atoms with Crippen molar-refractivity contribution in [2.45, 2.75) is 12.6 Å². The van der Waals surface area contributed by atoms with Crippen LogP contribution in [0.3, 0.4) is 0 Å². The lowest BCUT2D eigenvalue weighted by Crippen LogP contribution is -2.03. The van der Waals surface area contributed by atoms with Crippen LogP contribution in [0, 0.1) is 0 Å². The van der Waals surface area contributed by atoms with Gasteiger partial charge in [0.05, 0.1) is 11.1 Å². The van der Waals surface area contributed by atoms with Gasteiger partial charge in [0, 0.05) is 11.1 Å². The summed E-state index contributed by atoms with van der Waals surface area (Å²) in [5, 5.41) is 0. The molecule has 2 aliphatic heterocycles. The largest absolute Gasteiger partial charge is 0.427 e. The van der Waals surface area contributed by atoms with Crippen molar-refractivity contribution < 1.29 is 32.7 Å². The fourth-order valence-electron chi connectivity index (χ4n) is 2.60. The Labute approximate surface area is 137 Å². The molecule has 2 aromatic carbocycles. The van der Waals surface area contributed by atoms with Gasteiger partial charge in [0.2, 0.25) is 12.6 Å². The number of cyclic esters (lactones) is 2. The summed E-state index contributed by atoms with van der Waals surface area (Å²) in [6, 6.07) is 13.3. The number of benzene rings is 2. The van der Waals surface area contributed by atoms with E-state index in [1.165, 1.54) is 0 Å². The highest BCUT2D eigenvalue weighted by molar-refractivity contribution is 7.33. The van der Waals surface area contributed by atoms with E-state index in [0.717, 1.165) is 0 Å². The average Bonchev–Trinajstić information content (AvgIpc) is 3.07. The number of fused-ring (bicyclic) bond motifs is 2. The molecule has 0 spiro atoms. The maximum atomic E-state index is 12.1. The van der Waals surface area contributed by atoms with Gasteiger partial charge in [0.25, 0.3) is 0 Å². The van der Waals surface area contributed by atoms with Gasteiger partial charge < -0.3 is 9.47 Å². The first-order valence-electron chi connectivity index (χ1n) is 7.10. The van der Waals surface area contributed by atoms with Gasteiger partial charge in [0.1, 0.15) is 0 Å². The van der Waals surface area contributed by atoms with Gasteiger partial charge in [-0.3, -0.25) is 13.6 Å². The fraction of sp³-hybridized carbons (Fsp3) is 0.125. The second kappa shape index (κ2) is 5.87. The zero-order valence-electron chi connectivity index (χ0n) is 12.1. The van der Waals surface area contributed by atoms with Crippen molar-refractivity contribution in [2.75, 3.05) is 0 Å². The maximum Gasteiger partial charge on any atom is 0.341 e. The molecule has 4 rings (SSSR count). The summed E-state index contributed by atoms with van der Waals surface area (Å²) >= 11 is 0. The minimum Gasteiger partial charge on any atom is -0.427 e. The Morgan fingerprint density at radius 3 is 1.62 bits per heavy atom. The molecule has 7 nitrogen and oxygen atoms in total. The quantitative estimate of drug-likeness (QED) is 0.621. The van der Waals surface area contributed by atoms with Crippen LogP contribution in [-0.2, 0) is 23.1 Å². The molecule has 0 fully saturated rings. The molecular formula is C16H11O7P. The van der Waals surface area contributed by atoms with E-state index in [-0.39, 0.29) is 0 Å². The monoisotopic (exact) mass is 346 g/mol. The SMILES string of the molecule is O=C1OC(O[PH](=O)OC2OC(=O)c3ccccc32)c2ccccc21. The summed E-state index contributed by atoms with van der Waals surface area (Å²) in [7, 11) is -3.09. The third kappa shape index (κ3) is 2.53. The third-order valence-corrected chi connectivity index (χ3v) is 4.52. The molecule has 0 N–H and O–H groups in total. The van der Waals surface area contributed by atoms with Gasteiger partial charge in [-0.1, -0.05) is 36.4 Å². The van der Waals surface area contributed by atoms with Crippen molar-refractivity contribution in [1.82, 2.24) is 0 Å². The topological polar surface area (TPSA) is 88.1 Å². The summed E-state index contributed by atoms with van der Waals surface area (Å²) in [5.74, 6) is -1.11. The molecule has 0 amide bonds. The molecule has 0 saturated carbocycles. The molecule has 2 atom stereocenters. The fourth-order valence-corrected chi connectivity index (χ4v) is 3.36. The van der Waals surface area contributed by atoms with Crippen LogP contribution < -0.4 is 0 Å². The predicted octanol–water partition coefficient (Wildman–Crippen LogP) is 3.15. The van der Waals surface area contributed by atoms with E-state index >= 15 is 0 Å². The number of carbonyl (C=O) groups is 2. The minimum atomic E-state index is -3.09. The van der Waals surface area contributed by atoms with Crippen LogP contribution in [0.15, 0.2) is 48.5 Å². The van der Waals surface area contributed by atoms with Crippen molar-refractivity contribution in [2.24, 2.45) is 0 Å². The highest BCUT2D eigenvalue weighted by Crippen LogP contribution is 2.44. The van der Waals surface area contributed by atoms with Gasteiger partial charge in [-0.15, -0.1) is 0 Å². The first-order chi connectivity index (χ1) is 11.6. The zero-order valence-corrected chi connectivity index (χ0v) is 13.1. The second-order valence-electron chi connectivity index (χ2n) is 5.13. The molecule has 2 heterocycles. The molecule has 8 heteroatoms. The Bertz CT molecular complexity index is 794. The van der Waals surface area contributed by atoms with Gasteiger partial charge in [-0.2, -0.15) is 0 Å². The molecule has 2 aromatic rings. The molecule has 2 unspecified atom stereocenters. The Morgan fingerprint density at radius 1 is 0.750 bits per heavy atom. The van der Waals surface area contributed by atoms with Crippen LogP contribution in [0.5, 0.6) is 0 Å². The van der Waals surface area contributed by atoms with Gasteiger partial charge >= 0.3 is 20.2 Å². The Morgan fingerprint density at radius 2 is 1.17 bits per heavy atom. The Hall–Kier alpha value is -2.47. The molecule has 122 valence electrons. The summed E-state index contributed by atoms with van der Waals surface area (Å²) in [6.45, 7) is 0. The normalized spacial score (nSPS) is 22.5. The highest BCUT2D eigenvalue weighted by Gasteiger charge is 2.36. The molecule has 0 bridgehead atoms. The molecule has 0 aromatic heterocycles. The van der Waals surface area contributed by atoms with Crippen LogP contribution >= 0.6 is 8.25 Å². The lowest BCUT2D eigenvalue weighted by Gasteiger charge is -2.15. The van der Waals surface area contributed by atoms with Crippen LogP contribution in [0.25, 0.3) is 0 Å². The van der Waals surface area contributed by atoms with Crippen LogP contribution in [0.1, 0.15) is 44.4 Å². The van der Waals surface area contributed by atoms with Gasteiger partial charge in [-0.25, -0.2) is 9.59 Å². The van der Waals surface area contributed by atoms with E-state index < -0.39 is 32.8 Å². The van der Waals surface area contributed by atoms with E-state index in [1.807, 2.05) is 0 Å². The smallest absolute Gasteiger partial charge is 0.341 e. The lowest BCUT2D eigenvalue weighted by molar-refractivity contribution is -0.0689. The molecule has 24 heavy (non-hydrogen) atoms. The summed E-state index contributed by atoms with van der Waals surface area (Å²) in [4.78, 5) is 23.4. The molecule has 0 aliphatic carbocycles. The number of ether oxygens (including phenoxy) is 2. The first-order valence-corrected chi connectivity index (χ1v) is 8.33. The zero-order chi connectivity index (χ0) is 16.7. The number of esters is 2. The maximum absolute atomic E-state index is 12.1. The first kappa shape index (κ1) is 15.1. The predicted molar refractivity (Wildman–Crippen MR) is 80.4 cm³/mol. The number of carbonyl (C=O) groups excluding carboxylic acids is 2. The Kier molecular flexibility index (Phi) is 3.69. The minimum absolute atomic E-state index is 0.356. The second-order valence-corrected chi connectivity index (χ2v) is 6.11. The lowest BCUT2D eigenvalue weighted by atomic mass is 10.1. The Balaban J connectivity index is 1.48. The van der Waals surface area contributed by atoms with Crippen LogP contribution in [0.4, 0.5) is 0 Å². The third-order valence-electron chi connectivity index (χ3n) is 3.70. The van der Waals surface area contributed by atoms with Crippen molar-refractivity contribution in [3.63, 3.8) is 0 Å². The number of hydrogen-bond donors (Lipinski definition) is 0. The summed E-state index contributed by atoms with van der Waals surface area (Å²) in [5.41, 5.74) is 1.67. The van der Waals surface area contributed by atoms with Gasteiger partial charge in [0.15, 0.2) is 0 Å². The summed E-state index contributed by atoms with van der Waals surface area (Å²) < 4.78 is 32.6. The number of hydrogen-bond acceptors (Lipinski definition) is 7. The summed E-state index contributed by atoms with van der Waals surface area (Å²) in [6.07, 6.45) is -2.21. The van der Waals surface area contributed by atoms with Crippen molar-refractivity contribution in [3.8, 4) is 0 Å². The van der Waals surface area contributed by atoms with Gasteiger partial charge in [-0.05, 0) is 12.1 Å². The van der Waals surface area contributed by atoms with Crippen molar-refractivity contribution in [3.05, 3.63) is 70.8 Å². The van der Waals surface area contributed by atoms with E-state index in [9.17, 15) is 14.2 Å². The molecule has 0 saturated heterocycles. The van der Waals surface area contributed by atoms with Crippen LogP contribution in [0.2, 0.25) is 0 Å². The van der Waals surface area contributed by atoms with E-state index in [1.54, 1.807) is 48.5 Å². The highest BCUT2D eigenvalue weighted by atomic mass is 31.1. The number of rotatable bonds is 4. The van der Waals surface area contributed by atoms with E-state index in [0.29, 0.717) is 22.3 Å². The van der Waals surface area contributed by atoms with Crippen molar-refractivity contribution >= 4 is 20.2 Å². The molecule has 0 radical (unpaired) electrons. The van der Waals surface area contributed by atoms with Crippen LogP contribution in [-0.4, -0.2) is 11.9 Å².